The molecule has 0 N–H and O–H groups in total. The summed E-state index contributed by atoms with van der Waals surface area (Å²) >= 11 is 0. The summed E-state index contributed by atoms with van der Waals surface area (Å²) in [4.78, 5) is 14.4. The first-order valence-electron chi connectivity index (χ1n) is 7.08. The lowest BCUT2D eigenvalue weighted by Crippen LogP contribution is -2.41. The lowest BCUT2D eigenvalue weighted by molar-refractivity contribution is -0.0236. The van der Waals surface area contributed by atoms with Crippen LogP contribution in [0.3, 0.4) is 0 Å². The molecule has 0 radical (unpaired) electrons. The molecule has 1 aromatic carbocycles. The number of rotatable bonds is 3. The standard InChI is InChI=1S/C16H23NO2/c1-12(2)19-14-8-10-17(11-9-14)16(18)15-7-5-4-6-13(15)3/h4-7,12,14H,8-11H2,1-3H3. The molecule has 0 spiro atoms. The van der Waals surface area contributed by atoms with E-state index in [-0.39, 0.29) is 12.0 Å². The molecular formula is C16H23NO2. The number of benzene rings is 1. The predicted molar refractivity (Wildman–Crippen MR) is 76.3 cm³/mol. The Morgan fingerprint density at radius 2 is 1.89 bits per heavy atom. The van der Waals surface area contributed by atoms with E-state index in [1.807, 2.05) is 36.1 Å². The van der Waals surface area contributed by atoms with Crippen molar-refractivity contribution in [2.75, 3.05) is 13.1 Å². The zero-order valence-electron chi connectivity index (χ0n) is 12.1. The van der Waals surface area contributed by atoms with Crippen molar-refractivity contribution < 1.29 is 9.53 Å². The number of carbonyl (C=O) groups is 1. The molecule has 19 heavy (non-hydrogen) atoms. The van der Waals surface area contributed by atoms with Gasteiger partial charge < -0.3 is 9.64 Å². The van der Waals surface area contributed by atoms with E-state index in [0.29, 0.717) is 6.10 Å². The summed E-state index contributed by atoms with van der Waals surface area (Å²) in [6.07, 6.45) is 2.45. The number of ether oxygens (including phenoxy) is 1. The number of piperidine rings is 1. The first-order valence-corrected chi connectivity index (χ1v) is 7.08. The van der Waals surface area contributed by atoms with Crippen LogP contribution in [-0.2, 0) is 4.74 Å². The topological polar surface area (TPSA) is 29.5 Å². The van der Waals surface area contributed by atoms with Crippen molar-refractivity contribution in [3.63, 3.8) is 0 Å². The molecule has 0 atom stereocenters. The van der Waals surface area contributed by atoms with Gasteiger partial charge in [-0.05, 0) is 45.2 Å². The number of amides is 1. The van der Waals surface area contributed by atoms with Crippen molar-refractivity contribution in [2.24, 2.45) is 0 Å². The Morgan fingerprint density at radius 1 is 1.26 bits per heavy atom. The van der Waals surface area contributed by atoms with Crippen molar-refractivity contribution in [2.45, 2.75) is 45.8 Å². The van der Waals surface area contributed by atoms with E-state index in [2.05, 4.69) is 13.8 Å². The lowest BCUT2D eigenvalue weighted by atomic mass is 10.0. The number of hydrogen-bond donors (Lipinski definition) is 0. The van der Waals surface area contributed by atoms with Gasteiger partial charge in [-0.1, -0.05) is 18.2 Å². The molecule has 1 amide bonds. The van der Waals surface area contributed by atoms with Gasteiger partial charge in [-0.15, -0.1) is 0 Å². The van der Waals surface area contributed by atoms with Crippen molar-refractivity contribution in [3.8, 4) is 0 Å². The summed E-state index contributed by atoms with van der Waals surface area (Å²) in [5.41, 5.74) is 1.87. The number of nitrogens with zero attached hydrogens (tertiary/aromatic N) is 1. The predicted octanol–water partition coefficient (Wildman–Crippen LogP) is 3.02. The van der Waals surface area contributed by atoms with Gasteiger partial charge in [-0.3, -0.25) is 4.79 Å². The Hall–Kier alpha value is -1.35. The van der Waals surface area contributed by atoms with Crippen LogP contribution < -0.4 is 0 Å². The maximum Gasteiger partial charge on any atom is 0.254 e. The van der Waals surface area contributed by atoms with Gasteiger partial charge in [0.2, 0.25) is 0 Å². The summed E-state index contributed by atoms with van der Waals surface area (Å²) in [5.74, 6) is 0.154. The van der Waals surface area contributed by atoms with Gasteiger partial charge in [0.05, 0.1) is 12.2 Å². The minimum absolute atomic E-state index is 0.154. The van der Waals surface area contributed by atoms with E-state index in [1.165, 1.54) is 0 Å². The molecule has 0 aromatic heterocycles. The second-order valence-corrected chi connectivity index (χ2v) is 5.49. The van der Waals surface area contributed by atoms with E-state index in [0.717, 1.165) is 37.1 Å². The van der Waals surface area contributed by atoms with E-state index >= 15 is 0 Å². The molecule has 3 heteroatoms. The van der Waals surface area contributed by atoms with E-state index in [9.17, 15) is 4.79 Å². The molecule has 0 bridgehead atoms. The normalized spacial score (nSPS) is 16.9. The Kier molecular flexibility index (Phi) is 4.59. The average molecular weight is 261 g/mol. The third-order valence-corrected chi connectivity index (χ3v) is 3.57. The van der Waals surface area contributed by atoms with Gasteiger partial charge in [0.1, 0.15) is 0 Å². The summed E-state index contributed by atoms with van der Waals surface area (Å²) in [5, 5.41) is 0. The second kappa shape index (κ2) is 6.20. The van der Waals surface area contributed by atoms with Gasteiger partial charge in [0, 0.05) is 18.7 Å². The molecule has 1 heterocycles. The highest BCUT2D eigenvalue weighted by molar-refractivity contribution is 5.95. The van der Waals surface area contributed by atoms with E-state index < -0.39 is 0 Å². The van der Waals surface area contributed by atoms with Crippen LogP contribution in [0.2, 0.25) is 0 Å². The van der Waals surface area contributed by atoms with Crippen LogP contribution >= 0.6 is 0 Å². The average Bonchev–Trinajstić information content (AvgIpc) is 2.39. The van der Waals surface area contributed by atoms with E-state index in [1.54, 1.807) is 0 Å². The second-order valence-electron chi connectivity index (χ2n) is 5.49. The highest BCUT2D eigenvalue weighted by atomic mass is 16.5. The van der Waals surface area contributed by atoms with Gasteiger partial charge >= 0.3 is 0 Å². The van der Waals surface area contributed by atoms with Crippen LogP contribution in [0.15, 0.2) is 24.3 Å². The molecule has 1 saturated heterocycles. The maximum absolute atomic E-state index is 12.4. The van der Waals surface area contributed by atoms with Crippen LogP contribution in [0, 0.1) is 6.92 Å². The maximum atomic E-state index is 12.4. The monoisotopic (exact) mass is 261 g/mol. The Morgan fingerprint density at radius 3 is 2.47 bits per heavy atom. The number of carbonyl (C=O) groups excluding carboxylic acids is 1. The van der Waals surface area contributed by atoms with Crippen molar-refractivity contribution in [1.29, 1.82) is 0 Å². The first-order chi connectivity index (χ1) is 9.08. The largest absolute Gasteiger partial charge is 0.375 e. The van der Waals surface area contributed by atoms with Gasteiger partial charge in [0.25, 0.3) is 5.91 Å². The molecule has 0 aliphatic carbocycles. The fraction of sp³-hybridized carbons (Fsp3) is 0.562. The van der Waals surface area contributed by atoms with Gasteiger partial charge in [-0.2, -0.15) is 0 Å². The minimum Gasteiger partial charge on any atom is -0.375 e. The Bertz CT molecular complexity index is 434. The number of likely N-dealkylation sites (tertiary alicyclic amines) is 1. The van der Waals surface area contributed by atoms with Crippen LogP contribution in [-0.4, -0.2) is 36.1 Å². The molecule has 0 saturated carbocycles. The molecule has 1 aliphatic heterocycles. The quantitative estimate of drug-likeness (QED) is 0.837. The number of hydrogen-bond acceptors (Lipinski definition) is 2. The third kappa shape index (κ3) is 3.57. The summed E-state index contributed by atoms with van der Waals surface area (Å²) < 4.78 is 5.81. The smallest absolute Gasteiger partial charge is 0.254 e. The first kappa shape index (κ1) is 14.1. The molecule has 3 nitrogen and oxygen atoms in total. The van der Waals surface area contributed by atoms with Crippen LogP contribution in [0.4, 0.5) is 0 Å². The van der Waals surface area contributed by atoms with Crippen LogP contribution in [0.1, 0.15) is 42.6 Å². The van der Waals surface area contributed by atoms with Gasteiger partial charge in [-0.25, -0.2) is 0 Å². The molecule has 104 valence electrons. The van der Waals surface area contributed by atoms with Crippen molar-refractivity contribution in [1.82, 2.24) is 4.90 Å². The molecular weight excluding hydrogens is 238 g/mol. The van der Waals surface area contributed by atoms with Gasteiger partial charge in [0.15, 0.2) is 0 Å². The van der Waals surface area contributed by atoms with Crippen molar-refractivity contribution in [3.05, 3.63) is 35.4 Å². The lowest BCUT2D eigenvalue weighted by Gasteiger charge is -2.33. The summed E-state index contributed by atoms with van der Waals surface area (Å²) in [6.45, 7) is 7.70. The zero-order chi connectivity index (χ0) is 13.8. The summed E-state index contributed by atoms with van der Waals surface area (Å²) in [7, 11) is 0. The van der Waals surface area contributed by atoms with Crippen LogP contribution in [0.5, 0.6) is 0 Å². The Balaban J connectivity index is 1.95. The van der Waals surface area contributed by atoms with Crippen molar-refractivity contribution >= 4 is 5.91 Å². The molecule has 2 rings (SSSR count). The molecule has 0 unspecified atom stereocenters. The Labute approximate surface area is 115 Å². The summed E-state index contributed by atoms with van der Waals surface area (Å²) in [6, 6.07) is 7.79. The zero-order valence-corrected chi connectivity index (χ0v) is 12.1. The SMILES string of the molecule is Cc1ccccc1C(=O)N1CCC(OC(C)C)CC1. The number of aryl methyl sites for hydroxylation is 1. The highest BCUT2D eigenvalue weighted by Gasteiger charge is 2.25. The molecule has 1 fully saturated rings. The fourth-order valence-corrected chi connectivity index (χ4v) is 2.56. The van der Waals surface area contributed by atoms with E-state index in [4.69, 9.17) is 4.74 Å². The molecule has 1 aromatic rings. The highest BCUT2D eigenvalue weighted by Crippen LogP contribution is 2.18. The van der Waals surface area contributed by atoms with Crippen LogP contribution in [0.25, 0.3) is 0 Å². The fourth-order valence-electron chi connectivity index (χ4n) is 2.56. The minimum atomic E-state index is 0.154. The molecule has 1 aliphatic rings. The third-order valence-electron chi connectivity index (χ3n) is 3.57.